The summed E-state index contributed by atoms with van der Waals surface area (Å²) in [6, 6.07) is 12.1. The number of methoxy groups -OCH3 is 2. The fraction of sp³-hybridized carbons (Fsp3) is 0.231. The molecule has 2 aromatic carbocycles. The number of ether oxygens (including phenoxy) is 3. The van der Waals surface area contributed by atoms with E-state index >= 15 is 0 Å². The maximum Gasteiger partial charge on any atom is 0.336 e. The molecule has 1 N–H and O–H groups in total. The van der Waals surface area contributed by atoms with Crippen LogP contribution in [0.3, 0.4) is 0 Å². The van der Waals surface area contributed by atoms with Gasteiger partial charge in [0.15, 0.2) is 16.6 Å². The van der Waals surface area contributed by atoms with Crippen molar-refractivity contribution in [1.82, 2.24) is 4.90 Å². The van der Waals surface area contributed by atoms with Crippen molar-refractivity contribution in [3.05, 3.63) is 81.2 Å². The van der Waals surface area contributed by atoms with E-state index in [0.29, 0.717) is 40.7 Å². The summed E-state index contributed by atoms with van der Waals surface area (Å²) in [4.78, 5) is 28.2. The lowest BCUT2D eigenvalue weighted by Crippen LogP contribution is -2.38. The van der Waals surface area contributed by atoms with Crippen molar-refractivity contribution in [2.75, 3.05) is 20.7 Å². The van der Waals surface area contributed by atoms with E-state index in [1.807, 2.05) is 0 Å². The van der Waals surface area contributed by atoms with Gasteiger partial charge in [0.25, 0.3) is 0 Å². The number of halogens is 1. The normalized spacial score (nSPS) is 16.0. The van der Waals surface area contributed by atoms with Crippen molar-refractivity contribution in [1.29, 1.82) is 0 Å². The highest BCUT2D eigenvalue weighted by molar-refractivity contribution is 7.14. The Labute approximate surface area is 216 Å². The number of carbonyl (C=O) groups excluding carboxylic acids is 2. The minimum atomic E-state index is -2.89. The van der Waals surface area contributed by atoms with Crippen molar-refractivity contribution >= 4 is 41.0 Å². The van der Waals surface area contributed by atoms with Gasteiger partial charge in [-0.15, -0.1) is 11.3 Å². The maximum absolute atomic E-state index is 12.9. The fourth-order valence-electron chi connectivity index (χ4n) is 3.92. The molecule has 4 rings (SSSR count). The molecule has 1 aliphatic rings. The van der Waals surface area contributed by atoms with Gasteiger partial charge in [0.05, 0.1) is 18.3 Å². The number of hydrogen-bond donors (Lipinski definition) is 1. The molecule has 0 saturated heterocycles. The molecule has 0 fully saturated rings. The Morgan fingerprint density at radius 3 is 2.86 bits per heavy atom. The van der Waals surface area contributed by atoms with Gasteiger partial charge in [0.2, 0.25) is 0 Å². The largest absolute Gasteiger partial charge is 0.504 e. The molecule has 1 atom stereocenters. The number of esters is 2. The van der Waals surface area contributed by atoms with Gasteiger partial charge in [0.1, 0.15) is 6.04 Å². The van der Waals surface area contributed by atoms with Crippen LogP contribution in [0.2, 0.25) is 5.02 Å². The first-order chi connectivity index (χ1) is 18.0. The summed E-state index contributed by atoms with van der Waals surface area (Å²) in [5, 5.41) is 10.4. The van der Waals surface area contributed by atoms with Crippen molar-refractivity contribution in [2.24, 2.45) is 0 Å². The standard InChI is InChI=1S/C26H24ClNO6S/c1-32-21-13-16(7-9-20(21)29)8-10-23(30)34-24-14-17-15-28(12-11-22(17)35-24)25(26(31)33-2)18-5-3-4-6-19(18)27/h3-10,13-14,25,29H,11-12,15H2,1-2H3/b10-8+/t25-/m0/s1/i2D3. The van der Waals surface area contributed by atoms with Crippen molar-refractivity contribution < 1.29 is 33.0 Å². The van der Waals surface area contributed by atoms with Gasteiger partial charge in [-0.25, -0.2) is 9.59 Å². The van der Waals surface area contributed by atoms with E-state index in [4.69, 9.17) is 29.9 Å². The molecular formula is C26H24ClNO6S. The summed E-state index contributed by atoms with van der Waals surface area (Å²) in [5.74, 6) is -1.22. The third-order valence-electron chi connectivity index (χ3n) is 5.58. The Bertz CT molecular complexity index is 1370. The van der Waals surface area contributed by atoms with Gasteiger partial charge < -0.3 is 19.3 Å². The first kappa shape index (κ1) is 21.0. The Hall–Kier alpha value is -3.33. The predicted molar refractivity (Wildman–Crippen MR) is 134 cm³/mol. The van der Waals surface area contributed by atoms with Gasteiger partial charge in [-0.1, -0.05) is 35.9 Å². The average molecular weight is 517 g/mol. The molecule has 9 heteroatoms. The Balaban J connectivity index is 1.49. The van der Waals surface area contributed by atoms with Crippen LogP contribution in [0.5, 0.6) is 16.6 Å². The summed E-state index contributed by atoms with van der Waals surface area (Å²) in [7, 11) is -1.45. The van der Waals surface area contributed by atoms with Crippen LogP contribution in [0, 0.1) is 0 Å². The summed E-state index contributed by atoms with van der Waals surface area (Å²) in [5.41, 5.74) is 1.95. The molecule has 1 aliphatic heterocycles. The van der Waals surface area contributed by atoms with Gasteiger partial charge in [-0.3, -0.25) is 4.90 Å². The average Bonchev–Trinajstić information content (AvgIpc) is 3.25. The van der Waals surface area contributed by atoms with E-state index in [-0.39, 0.29) is 11.5 Å². The van der Waals surface area contributed by atoms with Crippen LogP contribution < -0.4 is 9.47 Å². The first-order valence-electron chi connectivity index (χ1n) is 12.1. The van der Waals surface area contributed by atoms with Gasteiger partial charge in [-0.05, 0) is 53.5 Å². The second kappa shape index (κ2) is 10.9. The highest BCUT2D eigenvalue weighted by Gasteiger charge is 2.33. The molecule has 7 nitrogen and oxygen atoms in total. The number of thiophene rings is 1. The first-order valence-corrected chi connectivity index (χ1v) is 11.8. The molecule has 0 unspecified atom stereocenters. The van der Waals surface area contributed by atoms with Crippen LogP contribution in [0.4, 0.5) is 0 Å². The molecule has 0 bridgehead atoms. The Kier molecular flexibility index (Phi) is 6.56. The van der Waals surface area contributed by atoms with E-state index in [0.717, 1.165) is 10.4 Å². The number of fused-ring (bicyclic) bond motifs is 1. The SMILES string of the molecule is [2H]C([2H])([2H])OC(=O)[C@H](c1ccccc1Cl)N1CCc2sc(OC(=O)/C=C/c3ccc(O)c(OC)c3)cc2C1. The molecule has 3 aromatic rings. The maximum atomic E-state index is 12.9. The zero-order chi connectivity index (χ0) is 27.4. The van der Waals surface area contributed by atoms with Gasteiger partial charge in [0, 0.05) is 29.1 Å². The monoisotopic (exact) mass is 516 g/mol. The van der Waals surface area contributed by atoms with Crippen molar-refractivity contribution in [3.8, 4) is 16.6 Å². The molecule has 0 saturated carbocycles. The Morgan fingerprint density at radius 1 is 1.26 bits per heavy atom. The van der Waals surface area contributed by atoms with Crippen molar-refractivity contribution in [2.45, 2.75) is 19.0 Å². The number of rotatable bonds is 7. The van der Waals surface area contributed by atoms with E-state index < -0.39 is 25.0 Å². The lowest BCUT2D eigenvalue weighted by atomic mass is 10.0. The number of phenols is 1. The second-order valence-corrected chi connectivity index (χ2v) is 9.27. The molecule has 0 radical (unpaired) electrons. The van der Waals surface area contributed by atoms with E-state index in [1.54, 1.807) is 53.4 Å². The minimum absolute atomic E-state index is 0.00567. The summed E-state index contributed by atoms with van der Waals surface area (Å²) < 4.78 is 37.4. The van der Waals surface area contributed by atoms with E-state index in [1.165, 1.54) is 30.6 Å². The number of nitrogens with zero attached hydrogens (tertiary/aromatic N) is 1. The number of benzene rings is 2. The van der Waals surface area contributed by atoms with Crippen LogP contribution in [0.25, 0.3) is 6.08 Å². The smallest absolute Gasteiger partial charge is 0.336 e. The predicted octanol–water partition coefficient (Wildman–Crippen LogP) is 5.01. The lowest BCUT2D eigenvalue weighted by molar-refractivity contribution is -0.147. The Morgan fingerprint density at radius 2 is 2.09 bits per heavy atom. The third-order valence-corrected chi connectivity index (χ3v) is 7.04. The number of carbonyl (C=O) groups is 2. The van der Waals surface area contributed by atoms with Gasteiger partial charge >= 0.3 is 11.9 Å². The van der Waals surface area contributed by atoms with Crippen LogP contribution in [0.1, 0.15) is 31.7 Å². The lowest BCUT2D eigenvalue weighted by Gasteiger charge is -2.33. The van der Waals surface area contributed by atoms with Crippen LogP contribution in [-0.4, -0.2) is 42.6 Å². The molecule has 0 aliphatic carbocycles. The van der Waals surface area contributed by atoms with Crippen LogP contribution in [-0.2, 0) is 27.3 Å². The van der Waals surface area contributed by atoms with Gasteiger partial charge in [-0.2, -0.15) is 0 Å². The molecule has 182 valence electrons. The summed E-state index contributed by atoms with van der Waals surface area (Å²) >= 11 is 7.69. The molecule has 0 spiro atoms. The number of phenolic OH excluding ortho intramolecular Hbond substituents is 1. The molecular weight excluding hydrogens is 490 g/mol. The highest BCUT2D eigenvalue weighted by Crippen LogP contribution is 2.38. The third kappa shape index (κ3) is 5.67. The van der Waals surface area contributed by atoms with Crippen LogP contribution >= 0.6 is 22.9 Å². The minimum Gasteiger partial charge on any atom is -0.504 e. The quantitative estimate of drug-likeness (QED) is 0.349. The topological polar surface area (TPSA) is 85.3 Å². The zero-order valence-electron chi connectivity index (χ0n) is 21.7. The number of aromatic hydroxyl groups is 1. The van der Waals surface area contributed by atoms with E-state index in [9.17, 15) is 14.7 Å². The number of hydrogen-bond acceptors (Lipinski definition) is 8. The molecule has 0 amide bonds. The van der Waals surface area contributed by atoms with Crippen LogP contribution in [0.15, 0.2) is 54.6 Å². The molecule has 35 heavy (non-hydrogen) atoms. The summed E-state index contributed by atoms with van der Waals surface area (Å²) in [6.45, 7) is 0.744. The highest BCUT2D eigenvalue weighted by atomic mass is 35.5. The zero-order valence-corrected chi connectivity index (χ0v) is 20.3. The van der Waals surface area contributed by atoms with E-state index in [2.05, 4.69) is 0 Å². The fourth-order valence-corrected chi connectivity index (χ4v) is 5.17. The summed E-state index contributed by atoms with van der Waals surface area (Å²) in [6.07, 6.45) is 3.38. The molecule has 2 heterocycles. The second-order valence-electron chi connectivity index (χ2n) is 7.77. The molecule has 1 aromatic heterocycles. The van der Waals surface area contributed by atoms with Crippen molar-refractivity contribution in [3.63, 3.8) is 0 Å².